The van der Waals surface area contributed by atoms with E-state index < -0.39 is 0 Å². The van der Waals surface area contributed by atoms with Crippen molar-refractivity contribution in [2.75, 3.05) is 13.1 Å². The van der Waals surface area contributed by atoms with Gasteiger partial charge < -0.3 is 9.64 Å². The minimum Gasteiger partial charge on any atom is -0.424 e. The average Bonchev–Trinajstić information content (AvgIpc) is 2.80. The highest BCUT2D eigenvalue weighted by Gasteiger charge is 2.22. The van der Waals surface area contributed by atoms with Gasteiger partial charge in [0.1, 0.15) is 5.75 Å². The van der Waals surface area contributed by atoms with Gasteiger partial charge in [-0.05, 0) is 49.5 Å². The van der Waals surface area contributed by atoms with Crippen molar-refractivity contribution in [3.8, 4) is 23.0 Å². The largest absolute Gasteiger partial charge is 0.424 e. The first-order chi connectivity index (χ1) is 15.1. The van der Waals surface area contributed by atoms with Crippen LogP contribution in [0.25, 0.3) is 11.3 Å². The number of carbonyl (C=O) groups excluding carboxylic acids is 1. The number of carbonyl (C=O) groups is 1. The van der Waals surface area contributed by atoms with Gasteiger partial charge in [-0.2, -0.15) is 0 Å². The van der Waals surface area contributed by atoms with Crippen molar-refractivity contribution in [2.24, 2.45) is 5.92 Å². The van der Waals surface area contributed by atoms with Crippen molar-refractivity contribution in [1.29, 1.82) is 0 Å². The van der Waals surface area contributed by atoms with Crippen LogP contribution < -0.4 is 4.74 Å². The van der Waals surface area contributed by atoms with Crippen LogP contribution in [-0.2, 0) is 11.2 Å². The summed E-state index contributed by atoms with van der Waals surface area (Å²) in [5.41, 5.74) is 2.40. The maximum atomic E-state index is 11.7. The van der Waals surface area contributed by atoms with Crippen LogP contribution in [0.15, 0.2) is 61.7 Å². The van der Waals surface area contributed by atoms with E-state index >= 15 is 0 Å². The molecule has 0 unspecified atom stereocenters. The first-order valence-electron chi connectivity index (χ1n) is 10.1. The smallest absolute Gasteiger partial charge is 0.321 e. The third-order valence-corrected chi connectivity index (χ3v) is 5.45. The lowest BCUT2D eigenvalue weighted by Gasteiger charge is -2.31. The fourth-order valence-electron chi connectivity index (χ4n) is 3.56. The lowest BCUT2D eigenvalue weighted by molar-refractivity contribution is -0.127. The summed E-state index contributed by atoms with van der Waals surface area (Å²) in [6, 6.07) is 7.29. The van der Waals surface area contributed by atoms with Crippen molar-refractivity contribution in [3.63, 3.8) is 0 Å². The molecule has 4 rings (SSSR count). The molecular weight excluding hydrogens is 414 g/mol. The van der Waals surface area contributed by atoms with Crippen molar-refractivity contribution in [3.05, 3.63) is 72.4 Å². The lowest BCUT2D eigenvalue weighted by atomic mass is 9.92. The number of ether oxygens (including phenoxy) is 1. The Morgan fingerprint density at radius 3 is 2.68 bits per heavy atom. The molecule has 0 bridgehead atoms. The molecule has 1 aliphatic heterocycles. The van der Waals surface area contributed by atoms with Gasteiger partial charge >= 0.3 is 6.01 Å². The second-order valence-corrected chi connectivity index (χ2v) is 7.82. The molecule has 158 valence electrons. The lowest BCUT2D eigenvalue weighted by Crippen LogP contribution is -2.37. The van der Waals surface area contributed by atoms with Gasteiger partial charge in [-0.3, -0.25) is 9.78 Å². The number of rotatable bonds is 6. The number of hydrogen-bond acceptors (Lipinski definition) is 6. The molecular formula is C23H22ClN5O2. The van der Waals surface area contributed by atoms with Crippen molar-refractivity contribution in [1.82, 2.24) is 24.8 Å². The predicted molar refractivity (Wildman–Crippen MR) is 118 cm³/mol. The zero-order chi connectivity index (χ0) is 21.6. The highest BCUT2D eigenvalue weighted by atomic mass is 35.5. The molecule has 0 atom stereocenters. The Kier molecular flexibility index (Phi) is 6.52. The summed E-state index contributed by atoms with van der Waals surface area (Å²) in [7, 11) is 0. The third kappa shape index (κ3) is 5.44. The van der Waals surface area contributed by atoms with E-state index in [0.717, 1.165) is 43.6 Å². The summed E-state index contributed by atoms with van der Waals surface area (Å²) in [4.78, 5) is 31.2. The van der Waals surface area contributed by atoms with E-state index in [0.29, 0.717) is 22.4 Å². The zero-order valence-electron chi connectivity index (χ0n) is 16.9. The van der Waals surface area contributed by atoms with E-state index in [1.807, 2.05) is 4.90 Å². The van der Waals surface area contributed by atoms with Gasteiger partial charge in [0, 0.05) is 42.3 Å². The van der Waals surface area contributed by atoms with Gasteiger partial charge in [0.25, 0.3) is 0 Å². The molecule has 7 nitrogen and oxygen atoms in total. The van der Waals surface area contributed by atoms with Gasteiger partial charge in [0.2, 0.25) is 5.91 Å². The number of piperidine rings is 1. The van der Waals surface area contributed by atoms with Crippen LogP contribution in [0.3, 0.4) is 0 Å². The van der Waals surface area contributed by atoms with E-state index in [1.54, 1.807) is 49.1 Å². The SMILES string of the molecule is C=CC(=O)N1CCC(Cc2cncc(-c3cnc(Oc4cccc(Cl)c4)nc3)n2)CC1. The van der Waals surface area contributed by atoms with Gasteiger partial charge in [-0.1, -0.05) is 24.2 Å². The van der Waals surface area contributed by atoms with Crippen molar-refractivity contribution < 1.29 is 9.53 Å². The van der Waals surface area contributed by atoms with Crippen LogP contribution in [0.1, 0.15) is 18.5 Å². The Labute approximate surface area is 185 Å². The quantitative estimate of drug-likeness (QED) is 0.535. The molecule has 0 spiro atoms. The average molecular weight is 436 g/mol. The van der Waals surface area contributed by atoms with E-state index in [2.05, 4.69) is 21.5 Å². The fourth-order valence-corrected chi connectivity index (χ4v) is 3.74. The Bertz CT molecular complexity index is 1070. The number of halogens is 1. The first kappa shape index (κ1) is 20.9. The van der Waals surface area contributed by atoms with Crippen LogP contribution in [0.4, 0.5) is 0 Å². The molecule has 31 heavy (non-hydrogen) atoms. The summed E-state index contributed by atoms with van der Waals surface area (Å²) < 4.78 is 5.63. The molecule has 1 saturated heterocycles. The van der Waals surface area contributed by atoms with Crippen molar-refractivity contribution in [2.45, 2.75) is 19.3 Å². The number of likely N-dealkylation sites (tertiary alicyclic amines) is 1. The molecule has 1 aromatic carbocycles. The van der Waals surface area contributed by atoms with Crippen LogP contribution >= 0.6 is 11.6 Å². The Morgan fingerprint density at radius 1 is 1.19 bits per heavy atom. The van der Waals surface area contributed by atoms with Crippen LogP contribution in [0, 0.1) is 5.92 Å². The van der Waals surface area contributed by atoms with E-state index in [1.165, 1.54) is 6.08 Å². The van der Waals surface area contributed by atoms with Gasteiger partial charge in [0.05, 0.1) is 17.6 Å². The fraction of sp³-hybridized carbons (Fsp3) is 0.261. The molecule has 0 radical (unpaired) electrons. The second kappa shape index (κ2) is 9.66. The maximum absolute atomic E-state index is 11.7. The summed E-state index contributed by atoms with van der Waals surface area (Å²) in [6.45, 7) is 5.07. The summed E-state index contributed by atoms with van der Waals surface area (Å²) in [5, 5.41) is 0.583. The molecule has 1 amide bonds. The zero-order valence-corrected chi connectivity index (χ0v) is 17.7. The molecule has 8 heteroatoms. The van der Waals surface area contributed by atoms with Crippen LogP contribution in [-0.4, -0.2) is 43.8 Å². The topological polar surface area (TPSA) is 81.1 Å². The molecule has 2 aromatic heterocycles. The molecule has 0 N–H and O–H groups in total. The highest BCUT2D eigenvalue weighted by Crippen LogP contribution is 2.24. The highest BCUT2D eigenvalue weighted by molar-refractivity contribution is 6.30. The number of benzene rings is 1. The summed E-state index contributed by atoms with van der Waals surface area (Å²) in [6.07, 6.45) is 10.9. The molecule has 3 aromatic rings. The Morgan fingerprint density at radius 2 is 1.97 bits per heavy atom. The molecule has 1 fully saturated rings. The minimum absolute atomic E-state index is 0.00280. The standard InChI is InChI=1S/C23H22ClN5O2/c1-2-22(30)29-8-6-16(7-9-29)10-19-14-25-15-21(28-19)17-12-26-23(27-13-17)31-20-5-3-4-18(24)11-20/h2-5,11-16H,1,6-10H2. The van der Waals surface area contributed by atoms with Crippen molar-refractivity contribution >= 4 is 17.5 Å². The Hall–Kier alpha value is -3.32. The summed E-state index contributed by atoms with van der Waals surface area (Å²) in [5.74, 6) is 1.05. The number of nitrogens with zero attached hydrogens (tertiary/aromatic N) is 5. The molecule has 0 saturated carbocycles. The van der Waals surface area contributed by atoms with Gasteiger partial charge in [0.15, 0.2) is 0 Å². The minimum atomic E-state index is 0.00280. The van der Waals surface area contributed by atoms with Gasteiger partial charge in [-0.15, -0.1) is 0 Å². The Balaban J connectivity index is 1.39. The predicted octanol–water partition coefficient (Wildman–Crippen LogP) is 4.35. The number of aromatic nitrogens is 4. The normalized spacial score (nSPS) is 14.3. The molecule has 1 aliphatic rings. The van der Waals surface area contributed by atoms with Crippen LogP contribution in [0.5, 0.6) is 11.8 Å². The molecule has 3 heterocycles. The first-order valence-corrected chi connectivity index (χ1v) is 10.5. The maximum Gasteiger partial charge on any atom is 0.321 e. The second-order valence-electron chi connectivity index (χ2n) is 7.39. The summed E-state index contributed by atoms with van der Waals surface area (Å²) >= 11 is 5.97. The molecule has 0 aliphatic carbocycles. The van der Waals surface area contributed by atoms with Gasteiger partial charge in [-0.25, -0.2) is 15.0 Å². The number of amides is 1. The monoisotopic (exact) mass is 435 g/mol. The van der Waals surface area contributed by atoms with Crippen LogP contribution in [0.2, 0.25) is 5.02 Å². The van der Waals surface area contributed by atoms with E-state index in [9.17, 15) is 4.79 Å². The van der Waals surface area contributed by atoms with E-state index in [-0.39, 0.29) is 11.9 Å². The third-order valence-electron chi connectivity index (χ3n) is 5.21. The van der Waals surface area contributed by atoms with E-state index in [4.69, 9.17) is 21.3 Å². The number of hydrogen-bond donors (Lipinski definition) is 0.